The molecule has 0 fully saturated rings. The van der Waals surface area contributed by atoms with Crippen LogP contribution >= 0.6 is 11.3 Å². The zero-order valence-electron chi connectivity index (χ0n) is 13.3. The van der Waals surface area contributed by atoms with E-state index < -0.39 is 0 Å². The van der Waals surface area contributed by atoms with Crippen molar-refractivity contribution < 1.29 is 9.53 Å². The lowest BCUT2D eigenvalue weighted by molar-refractivity contribution is 0.102. The summed E-state index contributed by atoms with van der Waals surface area (Å²) in [5.41, 5.74) is 1.85. The summed E-state index contributed by atoms with van der Waals surface area (Å²) >= 11 is 1.32. The van der Waals surface area contributed by atoms with E-state index in [0.717, 1.165) is 11.4 Å². The number of ether oxygens (including phenoxy) is 1. The molecule has 0 aliphatic rings. The molecule has 1 N–H and O–H groups in total. The van der Waals surface area contributed by atoms with Gasteiger partial charge in [-0.1, -0.05) is 37.3 Å². The molecule has 1 heterocycles. The maximum Gasteiger partial charge on any atom is 0.257 e. The van der Waals surface area contributed by atoms with Crippen LogP contribution in [0.5, 0.6) is 0 Å². The molecule has 0 saturated heterocycles. The molecule has 5 nitrogen and oxygen atoms in total. The monoisotopic (exact) mass is 319 g/mol. The fraction of sp³-hybridized carbons (Fsp3) is 0.438. The first-order valence-corrected chi connectivity index (χ1v) is 8.07. The summed E-state index contributed by atoms with van der Waals surface area (Å²) in [4.78, 5) is 12.2. The van der Waals surface area contributed by atoms with Gasteiger partial charge in [0.25, 0.3) is 5.91 Å². The molecule has 2 rings (SSSR count). The van der Waals surface area contributed by atoms with Crippen LogP contribution in [0.15, 0.2) is 24.3 Å². The molecule has 0 spiro atoms. The first-order valence-electron chi connectivity index (χ1n) is 7.26. The summed E-state index contributed by atoms with van der Waals surface area (Å²) in [6.45, 7) is 6.24. The smallest absolute Gasteiger partial charge is 0.257 e. The summed E-state index contributed by atoms with van der Waals surface area (Å²) in [5.74, 6) is 0.422. The van der Waals surface area contributed by atoms with Crippen molar-refractivity contribution in [2.75, 3.05) is 12.4 Å². The zero-order valence-corrected chi connectivity index (χ0v) is 14.1. The van der Waals surface area contributed by atoms with Gasteiger partial charge in [0.1, 0.15) is 11.1 Å². The molecule has 0 saturated carbocycles. The third-order valence-electron chi connectivity index (χ3n) is 3.22. The molecule has 22 heavy (non-hydrogen) atoms. The van der Waals surface area contributed by atoms with Crippen LogP contribution < -0.4 is 5.32 Å². The average molecular weight is 319 g/mol. The van der Waals surface area contributed by atoms with Crippen molar-refractivity contribution >= 4 is 22.4 Å². The van der Waals surface area contributed by atoms with Crippen molar-refractivity contribution in [3.05, 3.63) is 40.4 Å². The van der Waals surface area contributed by atoms with Gasteiger partial charge in [-0.2, -0.15) is 0 Å². The fourth-order valence-electron chi connectivity index (χ4n) is 1.98. The highest BCUT2D eigenvalue weighted by molar-refractivity contribution is 7.15. The minimum Gasteiger partial charge on any atom is -0.374 e. The highest BCUT2D eigenvalue weighted by Gasteiger charge is 2.13. The van der Waals surface area contributed by atoms with Gasteiger partial charge in [0.05, 0.1) is 0 Å². The lowest BCUT2D eigenvalue weighted by Crippen LogP contribution is -2.11. The van der Waals surface area contributed by atoms with E-state index in [1.807, 2.05) is 31.2 Å². The first-order chi connectivity index (χ1) is 10.5. The Hall–Kier alpha value is -1.79. The van der Waals surface area contributed by atoms with Crippen molar-refractivity contribution in [3.8, 4) is 0 Å². The molecule has 118 valence electrons. The average Bonchev–Trinajstić information content (AvgIpc) is 2.95. The second-order valence-corrected chi connectivity index (χ2v) is 6.58. The van der Waals surface area contributed by atoms with Crippen LogP contribution in [0, 0.1) is 5.92 Å². The highest BCUT2D eigenvalue weighted by atomic mass is 32.1. The summed E-state index contributed by atoms with van der Waals surface area (Å²) in [6, 6.07) is 7.67. The maximum atomic E-state index is 12.2. The summed E-state index contributed by atoms with van der Waals surface area (Å²) < 4.78 is 5.18. The minimum atomic E-state index is -0.177. The number of hydrogen-bond donors (Lipinski definition) is 1. The predicted octanol–water partition coefficient (Wildman–Crippen LogP) is 3.70. The third-order valence-corrected chi connectivity index (χ3v) is 4.22. The van der Waals surface area contributed by atoms with Crippen LogP contribution in [0.4, 0.5) is 5.13 Å². The van der Waals surface area contributed by atoms with Gasteiger partial charge in [-0.25, -0.2) is 0 Å². The van der Waals surface area contributed by atoms with Gasteiger partial charge < -0.3 is 4.74 Å². The molecule has 0 radical (unpaired) electrons. The van der Waals surface area contributed by atoms with Gasteiger partial charge >= 0.3 is 0 Å². The third kappa shape index (κ3) is 4.35. The second-order valence-electron chi connectivity index (χ2n) is 5.57. The Balaban J connectivity index is 2.01. The van der Waals surface area contributed by atoms with Crippen molar-refractivity contribution in [2.24, 2.45) is 5.92 Å². The number of hydrogen-bond acceptors (Lipinski definition) is 5. The Kier molecular flexibility index (Phi) is 5.63. The molecule has 0 aliphatic heterocycles. The van der Waals surface area contributed by atoms with Crippen LogP contribution in [-0.2, 0) is 11.2 Å². The number of carbonyl (C=O) groups is 1. The van der Waals surface area contributed by atoms with E-state index in [9.17, 15) is 4.79 Å². The standard InChI is InChI=1S/C16H21N3O2S/c1-10(2)9-12-5-7-13(8-6-12)14(20)17-16-19-18-15(22-16)11(3)21-4/h5-8,10-11H,9H2,1-4H3,(H,17,19,20). The van der Waals surface area contributed by atoms with E-state index >= 15 is 0 Å². The Morgan fingerprint density at radius 1 is 1.23 bits per heavy atom. The number of amides is 1. The molecular weight excluding hydrogens is 298 g/mol. The van der Waals surface area contributed by atoms with Gasteiger partial charge in [-0.3, -0.25) is 10.1 Å². The highest BCUT2D eigenvalue weighted by Crippen LogP contribution is 2.23. The molecule has 1 unspecified atom stereocenters. The second kappa shape index (κ2) is 7.47. The van der Waals surface area contributed by atoms with Gasteiger partial charge in [0, 0.05) is 12.7 Å². The predicted molar refractivity (Wildman–Crippen MR) is 88.3 cm³/mol. The molecule has 0 bridgehead atoms. The van der Waals surface area contributed by atoms with Crippen LogP contribution in [0.2, 0.25) is 0 Å². The first kappa shape index (κ1) is 16.6. The van der Waals surface area contributed by atoms with Crippen molar-refractivity contribution in [2.45, 2.75) is 33.3 Å². The van der Waals surface area contributed by atoms with E-state index in [1.54, 1.807) is 7.11 Å². The molecule has 6 heteroatoms. The molecule has 0 aliphatic carbocycles. The molecule has 1 aromatic carbocycles. The molecular formula is C16H21N3O2S. The van der Waals surface area contributed by atoms with E-state index in [2.05, 4.69) is 29.4 Å². The quantitative estimate of drug-likeness (QED) is 0.882. The number of anilines is 1. The topological polar surface area (TPSA) is 64.1 Å². The Labute approximate surface area is 134 Å². The minimum absolute atomic E-state index is 0.126. The number of aromatic nitrogens is 2. The number of nitrogens with zero attached hydrogens (tertiary/aromatic N) is 2. The van der Waals surface area contributed by atoms with E-state index in [-0.39, 0.29) is 12.0 Å². The Morgan fingerprint density at radius 3 is 2.50 bits per heavy atom. The largest absolute Gasteiger partial charge is 0.374 e. The van der Waals surface area contributed by atoms with Gasteiger partial charge in [0.15, 0.2) is 0 Å². The SMILES string of the molecule is COC(C)c1nnc(NC(=O)c2ccc(CC(C)C)cc2)s1. The van der Waals surface area contributed by atoms with Crippen LogP contribution in [-0.4, -0.2) is 23.2 Å². The van der Waals surface area contributed by atoms with E-state index in [1.165, 1.54) is 16.9 Å². The summed E-state index contributed by atoms with van der Waals surface area (Å²) in [7, 11) is 1.61. The molecule has 1 aromatic heterocycles. The van der Waals surface area contributed by atoms with Gasteiger partial charge in [-0.15, -0.1) is 10.2 Å². The summed E-state index contributed by atoms with van der Waals surface area (Å²) in [5, 5.41) is 12.0. The van der Waals surface area contributed by atoms with Crippen LogP contribution in [0.25, 0.3) is 0 Å². The van der Waals surface area contributed by atoms with Crippen molar-refractivity contribution in [1.29, 1.82) is 0 Å². The number of methoxy groups -OCH3 is 1. The van der Waals surface area contributed by atoms with E-state index in [4.69, 9.17) is 4.74 Å². The number of nitrogens with one attached hydrogen (secondary N) is 1. The zero-order chi connectivity index (χ0) is 16.1. The summed E-state index contributed by atoms with van der Waals surface area (Å²) in [6.07, 6.45) is 0.884. The van der Waals surface area contributed by atoms with Crippen molar-refractivity contribution in [1.82, 2.24) is 10.2 Å². The van der Waals surface area contributed by atoms with Crippen LogP contribution in [0.1, 0.15) is 47.8 Å². The maximum absolute atomic E-state index is 12.2. The van der Waals surface area contributed by atoms with Crippen molar-refractivity contribution in [3.63, 3.8) is 0 Å². The Bertz CT molecular complexity index is 623. The number of benzene rings is 1. The number of carbonyl (C=O) groups excluding carboxylic acids is 1. The number of rotatable bonds is 6. The van der Waals surface area contributed by atoms with E-state index in [0.29, 0.717) is 16.6 Å². The van der Waals surface area contributed by atoms with Crippen LogP contribution in [0.3, 0.4) is 0 Å². The van der Waals surface area contributed by atoms with Gasteiger partial charge in [0.2, 0.25) is 5.13 Å². The lowest BCUT2D eigenvalue weighted by Gasteiger charge is -2.06. The fourth-order valence-corrected chi connectivity index (χ4v) is 2.75. The Morgan fingerprint density at radius 2 is 1.91 bits per heavy atom. The normalized spacial score (nSPS) is 12.4. The molecule has 1 amide bonds. The lowest BCUT2D eigenvalue weighted by atomic mass is 10.0. The van der Waals surface area contributed by atoms with Gasteiger partial charge in [-0.05, 0) is 37.0 Å². The molecule has 1 atom stereocenters. The molecule has 2 aromatic rings.